The van der Waals surface area contributed by atoms with Crippen LogP contribution in [0.5, 0.6) is 0 Å². The molecule has 0 N–H and O–H groups in total. The molecular formula is C29H15ClF4N6O3. The molecule has 0 radical (unpaired) electrons. The predicted octanol–water partition coefficient (Wildman–Crippen LogP) is 4.30. The third-order valence-electron chi connectivity index (χ3n) is 6.97. The lowest BCUT2D eigenvalue weighted by Crippen LogP contribution is -2.42. The molecule has 4 aromatic heterocycles. The summed E-state index contributed by atoms with van der Waals surface area (Å²) in [6, 6.07) is 11.3. The number of imidazole rings is 1. The van der Waals surface area contributed by atoms with E-state index in [0.29, 0.717) is 16.7 Å². The molecule has 0 unspecified atom stereocenters. The highest BCUT2D eigenvalue weighted by Crippen LogP contribution is 2.29. The van der Waals surface area contributed by atoms with Crippen molar-refractivity contribution in [1.82, 2.24) is 23.1 Å². The highest BCUT2D eigenvalue weighted by molar-refractivity contribution is 6.33. The van der Waals surface area contributed by atoms with E-state index < -0.39 is 52.0 Å². The summed E-state index contributed by atoms with van der Waals surface area (Å²) in [4.78, 5) is 45.8. The van der Waals surface area contributed by atoms with Crippen LogP contribution in [-0.2, 0) is 13.6 Å². The molecule has 0 aliphatic rings. The van der Waals surface area contributed by atoms with Gasteiger partial charge in [-0.1, -0.05) is 11.6 Å². The van der Waals surface area contributed by atoms with Crippen LogP contribution in [-0.4, -0.2) is 23.1 Å². The van der Waals surface area contributed by atoms with E-state index in [1.807, 2.05) is 6.07 Å². The van der Waals surface area contributed by atoms with E-state index in [1.165, 1.54) is 37.4 Å². The van der Waals surface area contributed by atoms with Crippen LogP contribution in [0.25, 0.3) is 33.6 Å². The topological polar surface area (TPSA) is 107 Å². The van der Waals surface area contributed by atoms with Crippen molar-refractivity contribution in [3.63, 3.8) is 0 Å². The summed E-state index contributed by atoms with van der Waals surface area (Å²) in [6.07, 6.45) is 2.10. The Hall–Kier alpha value is -5.48. The number of rotatable bonds is 4. The van der Waals surface area contributed by atoms with Crippen molar-refractivity contribution in [2.24, 2.45) is 7.05 Å². The molecule has 6 aromatic rings. The fourth-order valence-electron chi connectivity index (χ4n) is 4.91. The molecular weight excluding hydrogens is 592 g/mol. The largest absolute Gasteiger partial charge is 0.337 e. The molecule has 2 aromatic carbocycles. The summed E-state index contributed by atoms with van der Waals surface area (Å²) in [5.41, 5.74) is -2.78. The fraction of sp³-hybridized carbons (Fsp3) is 0.0690. The van der Waals surface area contributed by atoms with Crippen LogP contribution >= 0.6 is 11.6 Å². The second-order valence-corrected chi connectivity index (χ2v) is 9.94. The minimum absolute atomic E-state index is 0.109. The second kappa shape index (κ2) is 10.1. The summed E-state index contributed by atoms with van der Waals surface area (Å²) in [6.45, 7) is -0.618. The average molecular weight is 607 g/mol. The Kier molecular flexibility index (Phi) is 6.51. The van der Waals surface area contributed by atoms with Gasteiger partial charge in [0.05, 0.1) is 35.6 Å². The molecule has 0 atom stereocenters. The molecule has 0 spiro atoms. The summed E-state index contributed by atoms with van der Waals surface area (Å²) < 4.78 is 59.9. The minimum atomic E-state index is -1.72. The van der Waals surface area contributed by atoms with E-state index in [4.69, 9.17) is 11.6 Å². The molecule has 43 heavy (non-hydrogen) atoms. The number of nitrogens with zero attached hydrogens (tertiary/aromatic N) is 6. The van der Waals surface area contributed by atoms with Gasteiger partial charge in [-0.05, 0) is 54.1 Å². The Labute approximate surface area is 242 Å². The van der Waals surface area contributed by atoms with Crippen molar-refractivity contribution in [2.75, 3.05) is 0 Å². The van der Waals surface area contributed by atoms with Gasteiger partial charge in [-0.25, -0.2) is 31.9 Å². The van der Waals surface area contributed by atoms with Crippen molar-refractivity contribution in [3.8, 4) is 23.1 Å². The lowest BCUT2D eigenvalue weighted by molar-refractivity contribution is 0.444. The lowest BCUT2D eigenvalue weighted by atomic mass is 10.1. The zero-order valence-corrected chi connectivity index (χ0v) is 22.5. The molecule has 0 fully saturated rings. The van der Waals surface area contributed by atoms with Crippen LogP contribution in [0.1, 0.15) is 11.1 Å². The van der Waals surface area contributed by atoms with Crippen LogP contribution < -0.4 is 16.8 Å². The van der Waals surface area contributed by atoms with Gasteiger partial charge in [0.1, 0.15) is 22.7 Å². The van der Waals surface area contributed by atoms with Crippen molar-refractivity contribution >= 4 is 28.2 Å². The first-order valence-electron chi connectivity index (χ1n) is 12.4. The molecule has 4 heterocycles. The van der Waals surface area contributed by atoms with E-state index in [2.05, 4.69) is 4.98 Å². The molecule has 214 valence electrons. The summed E-state index contributed by atoms with van der Waals surface area (Å²) >= 11 is 6.39. The molecule has 0 saturated carbocycles. The lowest BCUT2D eigenvalue weighted by Gasteiger charge is -2.17. The number of nitriles is 1. The SMILES string of the molecule is Cn1c(-c2cc(C#N)ccc2Cl)cc2c(c1=O)c(=O)n(-c1cnc3ccc(F)cn13)c(=O)n2Cc1cc(F)c(F)c(F)c1. The maximum Gasteiger partial charge on any atom is 0.337 e. The molecule has 0 aliphatic carbocycles. The maximum atomic E-state index is 14.2. The van der Waals surface area contributed by atoms with Crippen molar-refractivity contribution in [3.05, 3.63) is 132 Å². The first-order valence-corrected chi connectivity index (χ1v) is 12.7. The predicted molar refractivity (Wildman–Crippen MR) is 148 cm³/mol. The Bertz CT molecular complexity index is 2360. The van der Waals surface area contributed by atoms with Gasteiger partial charge in [-0.2, -0.15) is 5.26 Å². The van der Waals surface area contributed by atoms with Gasteiger partial charge < -0.3 is 4.57 Å². The molecule has 9 nitrogen and oxygen atoms in total. The van der Waals surface area contributed by atoms with Crippen LogP contribution in [0, 0.1) is 34.6 Å². The van der Waals surface area contributed by atoms with Gasteiger partial charge in [0.25, 0.3) is 11.1 Å². The van der Waals surface area contributed by atoms with Gasteiger partial charge in [-0.3, -0.25) is 18.6 Å². The first-order chi connectivity index (χ1) is 20.5. The monoisotopic (exact) mass is 606 g/mol. The molecule has 14 heteroatoms. The van der Waals surface area contributed by atoms with E-state index in [-0.39, 0.29) is 44.4 Å². The Morgan fingerprint density at radius 2 is 1.67 bits per heavy atom. The van der Waals surface area contributed by atoms with Gasteiger partial charge in [0.2, 0.25) is 0 Å². The Morgan fingerprint density at radius 1 is 0.953 bits per heavy atom. The first kappa shape index (κ1) is 27.7. The third-order valence-corrected chi connectivity index (χ3v) is 7.30. The number of pyridine rings is 2. The number of halogens is 5. The number of aromatic nitrogens is 5. The van der Waals surface area contributed by atoms with Gasteiger partial charge in [-0.15, -0.1) is 0 Å². The Balaban J connectivity index is 1.75. The molecule has 6 rings (SSSR count). The average Bonchev–Trinajstić information content (AvgIpc) is 3.38. The summed E-state index contributed by atoms with van der Waals surface area (Å²) in [7, 11) is 1.35. The standard InChI is InChI=1S/C29H15ClF4N6O3/c1-37-21(17-6-14(10-35)2-4-18(17)30)9-22-25(27(37)41)28(42)40(24-11-36-23-5-3-16(31)13-39(23)24)29(43)38(22)12-15-7-19(32)26(34)20(33)8-15/h2-9,11,13H,12H2,1H3. The smallest absolute Gasteiger partial charge is 0.310 e. The highest BCUT2D eigenvalue weighted by atomic mass is 35.5. The molecule has 0 bridgehead atoms. The van der Waals surface area contributed by atoms with Gasteiger partial charge in [0.15, 0.2) is 17.5 Å². The van der Waals surface area contributed by atoms with E-state index in [1.54, 1.807) is 0 Å². The molecule has 0 saturated heterocycles. The highest BCUT2D eigenvalue weighted by Gasteiger charge is 2.23. The minimum Gasteiger partial charge on any atom is -0.310 e. The van der Waals surface area contributed by atoms with Crippen LogP contribution in [0.4, 0.5) is 17.6 Å². The van der Waals surface area contributed by atoms with Crippen LogP contribution in [0.15, 0.2) is 75.3 Å². The Morgan fingerprint density at radius 3 is 2.37 bits per heavy atom. The quantitative estimate of drug-likeness (QED) is 0.220. The van der Waals surface area contributed by atoms with Gasteiger partial charge >= 0.3 is 5.69 Å². The number of hydrogen-bond acceptors (Lipinski definition) is 5. The van der Waals surface area contributed by atoms with E-state index >= 15 is 0 Å². The number of benzene rings is 2. The third kappa shape index (κ3) is 4.39. The summed E-state index contributed by atoms with van der Waals surface area (Å²) in [5.74, 6) is -5.69. The zero-order chi connectivity index (χ0) is 30.7. The molecule has 0 aliphatic heterocycles. The maximum absolute atomic E-state index is 14.2. The van der Waals surface area contributed by atoms with Crippen LogP contribution in [0.3, 0.4) is 0 Å². The molecule has 0 amide bonds. The zero-order valence-electron chi connectivity index (χ0n) is 21.8. The van der Waals surface area contributed by atoms with Crippen molar-refractivity contribution in [1.29, 1.82) is 5.26 Å². The normalized spacial score (nSPS) is 11.4. The van der Waals surface area contributed by atoms with Crippen molar-refractivity contribution < 1.29 is 17.6 Å². The van der Waals surface area contributed by atoms with Gasteiger partial charge in [0, 0.05) is 23.8 Å². The van der Waals surface area contributed by atoms with E-state index in [9.17, 15) is 37.2 Å². The van der Waals surface area contributed by atoms with E-state index in [0.717, 1.165) is 32.0 Å². The second-order valence-electron chi connectivity index (χ2n) is 9.54. The summed E-state index contributed by atoms with van der Waals surface area (Å²) in [5, 5.41) is 9.02. The number of hydrogen-bond donors (Lipinski definition) is 0. The van der Waals surface area contributed by atoms with Crippen molar-refractivity contribution in [2.45, 2.75) is 6.54 Å². The fourth-order valence-corrected chi connectivity index (χ4v) is 5.13. The van der Waals surface area contributed by atoms with Crippen LogP contribution in [0.2, 0.25) is 5.02 Å². The number of fused-ring (bicyclic) bond motifs is 2.